The lowest BCUT2D eigenvalue weighted by molar-refractivity contribution is -0.140. The Bertz CT molecular complexity index is 1550. The van der Waals surface area contributed by atoms with Gasteiger partial charge in [-0.3, -0.25) is 13.9 Å². The fourth-order valence-corrected chi connectivity index (χ4v) is 6.11. The molecule has 2 atom stereocenters. The summed E-state index contributed by atoms with van der Waals surface area (Å²) in [7, 11) is -3.93. The standard InChI is InChI=1S/C31H35Cl2N3O6S/c1-4-21(3)34-31(38)27(15-22-9-7-6-8-10-22)35(18-23-11-12-24(32)16-26(23)33)30(37)19-36(43(39,40)5-2)25-13-14-28-29(17-25)42-20-41-28/h6-14,16-17,21,27H,4-5,15,18-20H2,1-3H3,(H,34,38)/t21-,27+/m0/s1. The summed E-state index contributed by atoms with van der Waals surface area (Å²) in [5.41, 5.74) is 1.63. The van der Waals surface area contributed by atoms with Gasteiger partial charge in [-0.1, -0.05) is 66.5 Å². The van der Waals surface area contributed by atoms with Gasteiger partial charge in [0.1, 0.15) is 12.6 Å². The van der Waals surface area contributed by atoms with Crippen LogP contribution >= 0.6 is 23.2 Å². The summed E-state index contributed by atoms with van der Waals surface area (Å²) in [6.45, 7) is 4.74. The normalized spacial score (nSPS) is 13.7. The van der Waals surface area contributed by atoms with Crippen LogP contribution in [0.5, 0.6) is 11.5 Å². The lowest BCUT2D eigenvalue weighted by Crippen LogP contribution is -2.54. The highest BCUT2D eigenvalue weighted by atomic mass is 35.5. The zero-order valence-corrected chi connectivity index (χ0v) is 26.6. The van der Waals surface area contributed by atoms with E-state index >= 15 is 0 Å². The average molecular weight is 649 g/mol. The molecule has 0 saturated carbocycles. The van der Waals surface area contributed by atoms with Crippen LogP contribution in [0.15, 0.2) is 66.7 Å². The van der Waals surface area contributed by atoms with E-state index in [4.69, 9.17) is 32.7 Å². The number of halogens is 2. The summed E-state index contributed by atoms with van der Waals surface area (Å²) in [6.07, 6.45) is 0.887. The molecule has 0 fully saturated rings. The van der Waals surface area contributed by atoms with E-state index in [-0.39, 0.29) is 43.1 Å². The Kier molecular flexibility index (Phi) is 10.8. The first-order chi connectivity index (χ1) is 20.5. The minimum absolute atomic E-state index is 0.0142. The molecule has 0 radical (unpaired) electrons. The molecule has 1 heterocycles. The van der Waals surface area contributed by atoms with Crippen LogP contribution in [0.3, 0.4) is 0 Å². The molecule has 0 aliphatic carbocycles. The van der Waals surface area contributed by atoms with Crippen LogP contribution in [0.4, 0.5) is 5.69 Å². The van der Waals surface area contributed by atoms with Crippen molar-refractivity contribution in [3.8, 4) is 11.5 Å². The van der Waals surface area contributed by atoms with E-state index in [1.165, 1.54) is 17.9 Å². The van der Waals surface area contributed by atoms with Crippen LogP contribution in [0.2, 0.25) is 10.0 Å². The molecule has 0 aromatic heterocycles. The van der Waals surface area contributed by atoms with Gasteiger partial charge in [0.25, 0.3) is 0 Å². The first kappa shape index (κ1) is 32.4. The molecule has 0 saturated heterocycles. The molecule has 4 rings (SSSR count). The number of fused-ring (bicyclic) bond motifs is 1. The van der Waals surface area contributed by atoms with E-state index in [1.54, 1.807) is 30.3 Å². The number of hydrogen-bond donors (Lipinski definition) is 1. The molecule has 43 heavy (non-hydrogen) atoms. The van der Waals surface area contributed by atoms with Gasteiger partial charge in [-0.05, 0) is 55.7 Å². The van der Waals surface area contributed by atoms with Crippen molar-refractivity contribution in [2.45, 2.75) is 52.2 Å². The SMILES string of the molecule is CC[C@H](C)NC(=O)[C@@H](Cc1ccccc1)N(Cc1ccc(Cl)cc1Cl)C(=O)CN(c1ccc2c(c1)OCO2)S(=O)(=O)CC. The number of rotatable bonds is 13. The number of hydrogen-bond acceptors (Lipinski definition) is 6. The molecule has 0 bridgehead atoms. The molecule has 2 amide bonds. The van der Waals surface area contributed by atoms with Gasteiger partial charge in [-0.15, -0.1) is 0 Å². The molecule has 1 aliphatic rings. The summed E-state index contributed by atoms with van der Waals surface area (Å²) in [5.74, 6) is -0.335. The first-order valence-electron chi connectivity index (χ1n) is 14.0. The predicted molar refractivity (Wildman–Crippen MR) is 168 cm³/mol. The molecule has 9 nitrogen and oxygen atoms in total. The highest BCUT2D eigenvalue weighted by Gasteiger charge is 2.34. The van der Waals surface area contributed by atoms with Crippen molar-refractivity contribution in [2.75, 3.05) is 23.4 Å². The van der Waals surface area contributed by atoms with E-state index in [0.717, 1.165) is 9.87 Å². The maximum atomic E-state index is 14.3. The van der Waals surface area contributed by atoms with E-state index in [9.17, 15) is 18.0 Å². The van der Waals surface area contributed by atoms with Gasteiger partial charge in [-0.2, -0.15) is 0 Å². The number of sulfonamides is 1. The number of carbonyl (C=O) groups is 2. The van der Waals surface area contributed by atoms with E-state index in [2.05, 4.69) is 5.32 Å². The third-order valence-corrected chi connectivity index (χ3v) is 9.58. The summed E-state index contributed by atoms with van der Waals surface area (Å²) in [4.78, 5) is 29.5. The Balaban J connectivity index is 1.77. The fourth-order valence-electron chi connectivity index (χ4n) is 4.59. The van der Waals surface area contributed by atoms with Gasteiger partial charge in [0.05, 0.1) is 11.4 Å². The molecule has 230 valence electrons. The number of anilines is 1. The van der Waals surface area contributed by atoms with Gasteiger partial charge >= 0.3 is 0 Å². The third kappa shape index (κ3) is 8.13. The molecule has 0 unspecified atom stereocenters. The number of nitrogens with one attached hydrogen (secondary N) is 1. The summed E-state index contributed by atoms with van der Waals surface area (Å²) in [5, 5.41) is 3.74. The maximum Gasteiger partial charge on any atom is 0.244 e. The van der Waals surface area contributed by atoms with Crippen molar-refractivity contribution < 1.29 is 27.5 Å². The Morgan fingerprint density at radius 3 is 2.37 bits per heavy atom. The largest absolute Gasteiger partial charge is 0.454 e. The summed E-state index contributed by atoms with van der Waals surface area (Å²) in [6, 6.07) is 17.8. The van der Waals surface area contributed by atoms with Crippen molar-refractivity contribution in [3.05, 3.63) is 87.9 Å². The summed E-state index contributed by atoms with van der Waals surface area (Å²) >= 11 is 12.7. The molecule has 0 spiro atoms. The Labute approximate surface area is 262 Å². The second-order valence-electron chi connectivity index (χ2n) is 10.2. The van der Waals surface area contributed by atoms with Crippen molar-refractivity contribution in [3.63, 3.8) is 0 Å². The second kappa shape index (κ2) is 14.3. The minimum atomic E-state index is -3.93. The lowest BCUT2D eigenvalue weighted by atomic mass is 10.0. The van der Waals surface area contributed by atoms with Crippen LogP contribution in [-0.2, 0) is 32.6 Å². The minimum Gasteiger partial charge on any atom is -0.454 e. The van der Waals surface area contributed by atoms with Gasteiger partial charge in [-0.25, -0.2) is 8.42 Å². The van der Waals surface area contributed by atoms with Crippen LogP contribution in [-0.4, -0.2) is 56.3 Å². The topological polar surface area (TPSA) is 105 Å². The van der Waals surface area contributed by atoms with Gasteiger partial charge in [0.2, 0.25) is 28.6 Å². The molecule has 3 aromatic rings. The van der Waals surface area contributed by atoms with Crippen molar-refractivity contribution in [2.24, 2.45) is 0 Å². The molecular weight excluding hydrogens is 613 g/mol. The highest BCUT2D eigenvalue weighted by molar-refractivity contribution is 7.92. The van der Waals surface area contributed by atoms with Crippen LogP contribution in [0.1, 0.15) is 38.3 Å². The van der Waals surface area contributed by atoms with Gasteiger partial charge in [0, 0.05) is 35.1 Å². The number of nitrogens with zero attached hydrogens (tertiary/aromatic N) is 2. The summed E-state index contributed by atoms with van der Waals surface area (Å²) < 4.78 is 38.6. The second-order valence-corrected chi connectivity index (χ2v) is 13.3. The van der Waals surface area contributed by atoms with E-state index in [1.807, 2.05) is 44.2 Å². The third-order valence-electron chi connectivity index (χ3n) is 7.25. The van der Waals surface area contributed by atoms with Crippen molar-refractivity contribution >= 4 is 50.7 Å². The van der Waals surface area contributed by atoms with Gasteiger partial charge < -0.3 is 19.7 Å². The highest BCUT2D eigenvalue weighted by Crippen LogP contribution is 2.36. The van der Waals surface area contributed by atoms with Crippen LogP contribution in [0.25, 0.3) is 0 Å². The van der Waals surface area contributed by atoms with E-state index < -0.39 is 28.5 Å². The Hall–Kier alpha value is -3.47. The first-order valence-corrected chi connectivity index (χ1v) is 16.4. The maximum absolute atomic E-state index is 14.3. The zero-order chi connectivity index (χ0) is 31.1. The molecule has 1 N–H and O–H groups in total. The fraction of sp³-hybridized carbons (Fsp3) is 0.355. The number of carbonyl (C=O) groups excluding carboxylic acids is 2. The monoisotopic (exact) mass is 647 g/mol. The smallest absolute Gasteiger partial charge is 0.244 e. The number of ether oxygens (including phenoxy) is 2. The zero-order valence-electron chi connectivity index (χ0n) is 24.3. The number of amides is 2. The average Bonchev–Trinajstić information content (AvgIpc) is 3.47. The van der Waals surface area contributed by atoms with Crippen LogP contribution < -0.4 is 19.1 Å². The number of benzene rings is 3. The molecule has 1 aliphatic heterocycles. The molecular formula is C31H35Cl2N3O6S. The van der Waals surface area contributed by atoms with E-state index in [0.29, 0.717) is 33.5 Å². The van der Waals surface area contributed by atoms with Crippen molar-refractivity contribution in [1.82, 2.24) is 10.2 Å². The Morgan fingerprint density at radius 2 is 1.70 bits per heavy atom. The molecule has 12 heteroatoms. The van der Waals surface area contributed by atoms with Gasteiger partial charge in [0.15, 0.2) is 11.5 Å². The predicted octanol–water partition coefficient (Wildman–Crippen LogP) is 5.43. The molecule has 3 aromatic carbocycles. The lowest BCUT2D eigenvalue weighted by Gasteiger charge is -2.34. The Morgan fingerprint density at radius 1 is 0.977 bits per heavy atom. The van der Waals surface area contributed by atoms with Crippen LogP contribution in [0, 0.1) is 0 Å². The quantitative estimate of drug-likeness (QED) is 0.265. The van der Waals surface area contributed by atoms with Crippen molar-refractivity contribution in [1.29, 1.82) is 0 Å².